The first-order valence-corrected chi connectivity index (χ1v) is 14.7. The largest absolute Gasteiger partial charge is 0.350 e. The quantitative estimate of drug-likeness (QED) is 0.325. The molecule has 2 amide bonds. The topological polar surface area (TPSA) is 86.8 Å². The molecule has 1 atom stereocenters. The molecule has 0 aliphatic rings. The Hall–Kier alpha value is -3.14. The molecular formula is C29H32Cl2FN3O4S. The van der Waals surface area contributed by atoms with E-state index < -0.39 is 45.8 Å². The van der Waals surface area contributed by atoms with Crippen LogP contribution in [0.25, 0.3) is 0 Å². The number of hydrogen-bond donors (Lipinski definition) is 1. The van der Waals surface area contributed by atoms with E-state index in [-0.39, 0.29) is 27.2 Å². The average Bonchev–Trinajstić information content (AvgIpc) is 2.87. The molecule has 0 radical (unpaired) electrons. The summed E-state index contributed by atoms with van der Waals surface area (Å²) in [6.45, 7) is 8.04. The van der Waals surface area contributed by atoms with Crippen LogP contribution in [0.3, 0.4) is 0 Å². The van der Waals surface area contributed by atoms with Crippen LogP contribution in [0.5, 0.6) is 0 Å². The van der Waals surface area contributed by atoms with Crippen LogP contribution in [-0.2, 0) is 26.2 Å². The number of carbonyl (C=O) groups is 2. The second-order valence-electron chi connectivity index (χ2n) is 10.5. The maximum Gasteiger partial charge on any atom is 0.264 e. The van der Waals surface area contributed by atoms with E-state index in [2.05, 4.69) is 5.32 Å². The van der Waals surface area contributed by atoms with Crippen molar-refractivity contribution in [3.05, 3.63) is 93.7 Å². The van der Waals surface area contributed by atoms with Gasteiger partial charge in [-0.15, -0.1) is 0 Å². The van der Waals surface area contributed by atoms with Crippen molar-refractivity contribution in [2.24, 2.45) is 0 Å². The van der Waals surface area contributed by atoms with Gasteiger partial charge in [-0.25, -0.2) is 12.8 Å². The molecule has 11 heteroatoms. The Kier molecular flexibility index (Phi) is 9.87. The number of amides is 2. The van der Waals surface area contributed by atoms with Crippen LogP contribution in [0, 0.1) is 12.7 Å². The molecule has 0 saturated carbocycles. The maximum absolute atomic E-state index is 13.9. The molecule has 0 fully saturated rings. The number of nitrogens with zero attached hydrogens (tertiary/aromatic N) is 2. The fourth-order valence-corrected chi connectivity index (χ4v) is 5.75. The van der Waals surface area contributed by atoms with Crippen molar-refractivity contribution in [3.8, 4) is 0 Å². The van der Waals surface area contributed by atoms with Crippen molar-refractivity contribution in [2.45, 2.75) is 57.6 Å². The number of carbonyl (C=O) groups excluding carboxylic acids is 2. The van der Waals surface area contributed by atoms with Crippen molar-refractivity contribution in [3.63, 3.8) is 0 Å². The van der Waals surface area contributed by atoms with E-state index in [0.717, 1.165) is 9.87 Å². The lowest BCUT2D eigenvalue weighted by atomic mass is 10.1. The van der Waals surface area contributed by atoms with E-state index in [4.69, 9.17) is 23.2 Å². The maximum atomic E-state index is 13.9. The monoisotopic (exact) mass is 607 g/mol. The lowest BCUT2D eigenvalue weighted by Gasteiger charge is -2.33. The molecule has 7 nitrogen and oxygen atoms in total. The highest BCUT2D eigenvalue weighted by Gasteiger charge is 2.34. The highest BCUT2D eigenvalue weighted by Crippen LogP contribution is 2.35. The Bertz CT molecular complexity index is 1470. The third kappa shape index (κ3) is 7.74. The summed E-state index contributed by atoms with van der Waals surface area (Å²) in [6.07, 6.45) is 0. The van der Waals surface area contributed by atoms with E-state index in [0.29, 0.717) is 5.56 Å². The number of rotatable bonds is 9. The van der Waals surface area contributed by atoms with Gasteiger partial charge in [0.2, 0.25) is 11.8 Å². The van der Waals surface area contributed by atoms with E-state index in [1.807, 2.05) is 6.92 Å². The zero-order chi connectivity index (χ0) is 29.8. The zero-order valence-electron chi connectivity index (χ0n) is 22.9. The first-order valence-electron chi connectivity index (χ1n) is 12.5. The highest BCUT2D eigenvalue weighted by molar-refractivity contribution is 7.92. The van der Waals surface area contributed by atoms with Gasteiger partial charge in [-0.05, 0) is 76.6 Å². The fourth-order valence-electron chi connectivity index (χ4n) is 3.88. The molecule has 0 aromatic heterocycles. The summed E-state index contributed by atoms with van der Waals surface area (Å²) in [4.78, 5) is 28.3. The van der Waals surface area contributed by atoms with Gasteiger partial charge in [-0.3, -0.25) is 13.9 Å². The third-order valence-electron chi connectivity index (χ3n) is 6.02. The molecule has 0 bridgehead atoms. The second kappa shape index (κ2) is 12.6. The van der Waals surface area contributed by atoms with Gasteiger partial charge in [0.1, 0.15) is 18.4 Å². The smallest absolute Gasteiger partial charge is 0.264 e. The van der Waals surface area contributed by atoms with Crippen molar-refractivity contribution in [1.82, 2.24) is 10.2 Å². The Balaban J connectivity index is 2.08. The van der Waals surface area contributed by atoms with Crippen LogP contribution >= 0.6 is 23.2 Å². The van der Waals surface area contributed by atoms with Gasteiger partial charge in [-0.1, -0.05) is 59.1 Å². The van der Waals surface area contributed by atoms with Crippen molar-refractivity contribution in [1.29, 1.82) is 0 Å². The number of hydrogen-bond acceptors (Lipinski definition) is 4. The van der Waals surface area contributed by atoms with E-state index in [1.165, 1.54) is 59.5 Å². The molecule has 0 aliphatic heterocycles. The summed E-state index contributed by atoms with van der Waals surface area (Å²) in [5, 5.41) is 2.91. The van der Waals surface area contributed by atoms with Crippen LogP contribution in [0.1, 0.15) is 38.8 Å². The number of nitrogens with one attached hydrogen (secondary N) is 1. The molecule has 0 unspecified atom stereocenters. The molecule has 1 N–H and O–H groups in total. The van der Waals surface area contributed by atoms with E-state index >= 15 is 0 Å². The first kappa shape index (κ1) is 31.4. The molecule has 3 aromatic carbocycles. The Morgan fingerprint density at radius 2 is 1.57 bits per heavy atom. The van der Waals surface area contributed by atoms with Crippen LogP contribution in [0.2, 0.25) is 10.0 Å². The third-order valence-corrected chi connectivity index (χ3v) is 8.60. The second-order valence-corrected chi connectivity index (χ2v) is 13.1. The molecule has 0 heterocycles. The molecule has 40 heavy (non-hydrogen) atoms. The van der Waals surface area contributed by atoms with Crippen LogP contribution in [0.4, 0.5) is 10.1 Å². The SMILES string of the molecule is Cc1ccc(S(=O)(=O)N(CC(=O)N(Cc2ccc(F)cc2)[C@@H](C)C(=O)NC(C)(C)C)c2cccc(Cl)c2Cl)cc1. The number of aryl methyl sites for hydroxylation is 1. The number of benzene rings is 3. The lowest BCUT2D eigenvalue weighted by molar-refractivity contribution is -0.140. The number of anilines is 1. The summed E-state index contributed by atoms with van der Waals surface area (Å²) >= 11 is 12.7. The predicted molar refractivity (Wildman–Crippen MR) is 156 cm³/mol. The van der Waals surface area contributed by atoms with Gasteiger partial charge in [0, 0.05) is 12.1 Å². The minimum atomic E-state index is -4.30. The van der Waals surface area contributed by atoms with Crippen LogP contribution in [-0.4, -0.2) is 43.3 Å². The summed E-state index contributed by atoms with van der Waals surface area (Å²) in [6, 6.07) is 15.2. The van der Waals surface area contributed by atoms with Gasteiger partial charge in [-0.2, -0.15) is 0 Å². The van der Waals surface area contributed by atoms with Gasteiger partial charge in [0.05, 0.1) is 20.6 Å². The molecular weight excluding hydrogens is 576 g/mol. The van der Waals surface area contributed by atoms with Crippen molar-refractivity contribution in [2.75, 3.05) is 10.8 Å². The Morgan fingerprint density at radius 3 is 2.15 bits per heavy atom. The fraction of sp³-hybridized carbons (Fsp3) is 0.310. The zero-order valence-corrected chi connectivity index (χ0v) is 25.2. The van der Waals surface area contributed by atoms with E-state index in [9.17, 15) is 22.4 Å². The molecule has 3 aromatic rings. The van der Waals surface area contributed by atoms with Gasteiger partial charge >= 0.3 is 0 Å². The summed E-state index contributed by atoms with van der Waals surface area (Å²) in [5.74, 6) is -1.56. The Labute approximate surface area is 244 Å². The molecule has 0 aliphatic carbocycles. The van der Waals surface area contributed by atoms with Crippen LogP contribution in [0.15, 0.2) is 71.6 Å². The average molecular weight is 609 g/mol. The summed E-state index contributed by atoms with van der Waals surface area (Å²) in [5.41, 5.74) is 0.840. The van der Waals surface area contributed by atoms with Gasteiger partial charge in [0.25, 0.3) is 10.0 Å². The van der Waals surface area contributed by atoms with Crippen LogP contribution < -0.4 is 9.62 Å². The van der Waals surface area contributed by atoms with Crippen molar-refractivity contribution >= 4 is 50.7 Å². The summed E-state index contributed by atoms with van der Waals surface area (Å²) in [7, 11) is -4.30. The Morgan fingerprint density at radius 1 is 0.975 bits per heavy atom. The van der Waals surface area contributed by atoms with E-state index in [1.54, 1.807) is 39.8 Å². The molecule has 0 saturated heterocycles. The minimum Gasteiger partial charge on any atom is -0.350 e. The molecule has 214 valence electrons. The summed E-state index contributed by atoms with van der Waals surface area (Å²) < 4.78 is 42.2. The predicted octanol–water partition coefficient (Wildman–Crippen LogP) is 5.97. The molecule has 3 rings (SSSR count). The van der Waals surface area contributed by atoms with Crippen molar-refractivity contribution < 1.29 is 22.4 Å². The minimum absolute atomic E-state index is 0.0108. The van der Waals surface area contributed by atoms with Gasteiger partial charge < -0.3 is 10.2 Å². The normalized spacial score (nSPS) is 12.5. The lowest BCUT2D eigenvalue weighted by Crippen LogP contribution is -2.54. The highest BCUT2D eigenvalue weighted by atomic mass is 35.5. The first-order chi connectivity index (χ1) is 18.6. The standard InChI is InChI=1S/C29H32Cl2FN3O4S/c1-19-9-15-23(16-10-19)40(38,39)35(25-8-6-7-24(30)27(25)31)18-26(36)34(17-21-11-13-22(32)14-12-21)20(2)28(37)33-29(3,4)5/h6-16,20H,17-18H2,1-5H3,(H,33,37)/t20-/m0/s1. The van der Waals surface area contributed by atoms with Gasteiger partial charge in [0.15, 0.2) is 0 Å². The number of halogens is 3. The molecule has 0 spiro atoms. The number of sulfonamides is 1.